The number of carbonyl (C=O) groups is 4. The number of carbonyl (C=O) groups excluding carboxylic acids is 4. The topological polar surface area (TPSA) is 237 Å². The smallest absolute Gasteiger partial charge is 0.462 e. The molecule has 0 bridgehead atoms. The third-order valence-electron chi connectivity index (χ3n) is 20.6. The molecule has 0 rings (SSSR count). The minimum atomic E-state index is -4.97. The van der Waals surface area contributed by atoms with E-state index < -0.39 is 97.5 Å². The van der Waals surface area contributed by atoms with Crippen LogP contribution in [0.1, 0.15) is 477 Å². The van der Waals surface area contributed by atoms with Gasteiger partial charge in [-0.1, -0.05) is 426 Å². The molecule has 5 atom stereocenters. The van der Waals surface area contributed by atoms with Gasteiger partial charge in [-0.05, 0) is 25.7 Å². The standard InChI is InChI=1S/C87H170O17P2/c1-5-9-13-17-21-25-28-31-34-37-39-40-41-43-45-48-51-54-58-62-66-70-74-87(92)104-83(78-98-85(90)72-68-64-60-56-52-49-47-44-42-38-35-32-29-26-22-18-14-10-6-2)80-102-106(95,96)100-76-81(88)75-99-105(93,94)101-79-82(77-97-84(89)71-67-63-59-55-24-20-16-12-8-4)103-86(91)73-69-65-61-57-53-50-46-36-33-30-27-23-19-15-11-7-3/h81-83,88H,5-80H2,1-4H3,(H,93,94)(H,95,96)/t81-,82+,83+/m0/s1. The van der Waals surface area contributed by atoms with Crippen molar-refractivity contribution in [3.05, 3.63) is 0 Å². The Morgan fingerprint density at radius 2 is 0.377 bits per heavy atom. The lowest BCUT2D eigenvalue weighted by atomic mass is 10.0. The quantitative estimate of drug-likeness (QED) is 0.0222. The molecule has 0 spiro atoms. The summed E-state index contributed by atoms with van der Waals surface area (Å²) in [6.07, 6.45) is 76.5. The van der Waals surface area contributed by atoms with Gasteiger partial charge in [0.15, 0.2) is 12.2 Å². The van der Waals surface area contributed by atoms with Crippen molar-refractivity contribution in [2.24, 2.45) is 0 Å². The Bertz CT molecular complexity index is 2000. The van der Waals surface area contributed by atoms with Gasteiger partial charge in [-0.25, -0.2) is 9.13 Å². The molecule has 0 fully saturated rings. The SMILES string of the molecule is CCCCCCCCCCCCCCCCCCCCCCCCC(=O)O[C@H](COC(=O)CCCCCCCCCCCCCCCCCCCCC)COP(=O)(O)OC[C@@H](O)COP(=O)(O)OC[C@@H](COC(=O)CCCCCCCCCCC)OC(=O)CCCCCCCCCCCCCCCCCC. The van der Waals surface area contributed by atoms with E-state index in [0.717, 1.165) is 89.9 Å². The fourth-order valence-electron chi connectivity index (χ4n) is 13.7. The van der Waals surface area contributed by atoms with Gasteiger partial charge in [-0.3, -0.25) is 37.3 Å². The lowest BCUT2D eigenvalue weighted by Gasteiger charge is -2.21. The maximum Gasteiger partial charge on any atom is 0.472 e. The largest absolute Gasteiger partial charge is 0.472 e. The van der Waals surface area contributed by atoms with Crippen LogP contribution in [0.5, 0.6) is 0 Å². The van der Waals surface area contributed by atoms with Gasteiger partial charge >= 0.3 is 39.5 Å². The van der Waals surface area contributed by atoms with E-state index in [1.54, 1.807) is 0 Å². The van der Waals surface area contributed by atoms with Crippen LogP contribution in [0.15, 0.2) is 0 Å². The van der Waals surface area contributed by atoms with Crippen LogP contribution in [-0.4, -0.2) is 96.7 Å². The van der Waals surface area contributed by atoms with Gasteiger partial charge in [0.1, 0.15) is 19.3 Å². The first-order valence-corrected chi connectivity index (χ1v) is 48.3. The van der Waals surface area contributed by atoms with E-state index in [4.69, 9.17) is 37.0 Å². The molecule has 630 valence electrons. The number of hydrogen-bond acceptors (Lipinski definition) is 15. The number of unbranched alkanes of at least 4 members (excludes halogenated alkanes) is 62. The molecule has 0 aromatic carbocycles. The summed E-state index contributed by atoms with van der Waals surface area (Å²) < 4.78 is 68.9. The molecule has 0 amide bonds. The summed E-state index contributed by atoms with van der Waals surface area (Å²) in [4.78, 5) is 73.2. The summed E-state index contributed by atoms with van der Waals surface area (Å²) in [7, 11) is -9.92. The summed E-state index contributed by atoms with van der Waals surface area (Å²) >= 11 is 0. The Kier molecular flexibility index (Phi) is 79.6. The first-order chi connectivity index (χ1) is 51.7. The van der Waals surface area contributed by atoms with E-state index in [1.807, 2.05) is 0 Å². The van der Waals surface area contributed by atoms with Crippen molar-refractivity contribution >= 4 is 39.5 Å². The maximum absolute atomic E-state index is 13.2. The third-order valence-corrected chi connectivity index (χ3v) is 22.5. The molecule has 19 heteroatoms. The van der Waals surface area contributed by atoms with E-state index in [1.165, 1.54) is 308 Å². The van der Waals surface area contributed by atoms with Gasteiger partial charge in [-0.2, -0.15) is 0 Å². The first kappa shape index (κ1) is 104. The molecule has 2 unspecified atom stereocenters. The minimum absolute atomic E-state index is 0.109. The molecule has 0 saturated carbocycles. The lowest BCUT2D eigenvalue weighted by molar-refractivity contribution is -0.161. The fraction of sp³-hybridized carbons (Fsp3) is 0.954. The number of hydrogen-bond donors (Lipinski definition) is 3. The zero-order valence-corrected chi connectivity index (χ0v) is 71.2. The van der Waals surface area contributed by atoms with Gasteiger partial charge in [0, 0.05) is 25.7 Å². The second kappa shape index (κ2) is 81.1. The number of phosphoric ester groups is 2. The molecule has 0 aromatic rings. The molecule has 0 aromatic heterocycles. The number of rotatable bonds is 88. The highest BCUT2D eigenvalue weighted by molar-refractivity contribution is 7.47. The summed E-state index contributed by atoms with van der Waals surface area (Å²) in [6, 6.07) is 0. The third kappa shape index (κ3) is 80.1. The minimum Gasteiger partial charge on any atom is -0.462 e. The molecular formula is C87H170O17P2. The van der Waals surface area contributed by atoms with Crippen LogP contribution in [0.25, 0.3) is 0 Å². The summed E-state index contributed by atoms with van der Waals surface area (Å²) in [6.45, 7) is 5.05. The maximum atomic E-state index is 13.2. The molecule has 0 heterocycles. The van der Waals surface area contributed by atoms with Crippen molar-refractivity contribution in [2.45, 2.75) is 495 Å². The van der Waals surface area contributed by atoms with E-state index in [2.05, 4.69) is 27.7 Å². The highest BCUT2D eigenvalue weighted by Crippen LogP contribution is 2.45. The normalized spacial score (nSPS) is 13.7. The molecule has 0 aliphatic carbocycles. The molecule has 106 heavy (non-hydrogen) atoms. The zero-order valence-electron chi connectivity index (χ0n) is 69.4. The van der Waals surface area contributed by atoms with Crippen LogP contribution in [0.2, 0.25) is 0 Å². The van der Waals surface area contributed by atoms with Crippen molar-refractivity contribution in [1.29, 1.82) is 0 Å². The predicted molar refractivity (Wildman–Crippen MR) is 437 cm³/mol. The Balaban J connectivity index is 5.19. The second-order valence-electron chi connectivity index (χ2n) is 31.3. The fourth-order valence-corrected chi connectivity index (χ4v) is 15.3. The molecule has 0 radical (unpaired) electrons. The van der Waals surface area contributed by atoms with Crippen molar-refractivity contribution in [3.63, 3.8) is 0 Å². The highest BCUT2D eigenvalue weighted by atomic mass is 31.2. The summed E-state index contributed by atoms with van der Waals surface area (Å²) in [5, 5.41) is 10.7. The Hall–Kier alpha value is -1.94. The highest BCUT2D eigenvalue weighted by Gasteiger charge is 2.30. The van der Waals surface area contributed by atoms with Crippen LogP contribution in [0.3, 0.4) is 0 Å². The number of aliphatic hydroxyl groups is 1. The van der Waals surface area contributed by atoms with Gasteiger partial charge in [0.2, 0.25) is 0 Å². The Morgan fingerprint density at radius 3 is 0.557 bits per heavy atom. The van der Waals surface area contributed by atoms with Gasteiger partial charge in [0.25, 0.3) is 0 Å². The summed E-state index contributed by atoms with van der Waals surface area (Å²) in [5.74, 6) is -2.10. The Labute approximate surface area is 651 Å². The average Bonchev–Trinajstić information content (AvgIpc) is 0.901. The second-order valence-corrected chi connectivity index (χ2v) is 34.2. The molecular weight excluding hydrogens is 1380 g/mol. The van der Waals surface area contributed by atoms with Gasteiger partial charge < -0.3 is 33.8 Å². The Morgan fingerprint density at radius 1 is 0.226 bits per heavy atom. The van der Waals surface area contributed by atoms with Crippen LogP contribution >= 0.6 is 15.6 Å². The lowest BCUT2D eigenvalue weighted by Crippen LogP contribution is -2.30. The number of phosphoric acid groups is 2. The van der Waals surface area contributed by atoms with Crippen LogP contribution in [-0.2, 0) is 65.4 Å². The summed E-state index contributed by atoms with van der Waals surface area (Å²) in [5.41, 5.74) is 0. The van der Waals surface area contributed by atoms with Gasteiger partial charge in [0.05, 0.1) is 26.4 Å². The van der Waals surface area contributed by atoms with E-state index >= 15 is 0 Å². The molecule has 3 N–H and O–H groups in total. The monoisotopic (exact) mass is 1550 g/mol. The number of aliphatic hydroxyl groups excluding tert-OH is 1. The molecule has 0 aliphatic heterocycles. The van der Waals surface area contributed by atoms with Gasteiger partial charge in [-0.15, -0.1) is 0 Å². The van der Waals surface area contributed by atoms with Crippen LogP contribution in [0.4, 0.5) is 0 Å². The number of ether oxygens (including phenoxy) is 4. The van der Waals surface area contributed by atoms with Crippen molar-refractivity contribution in [1.82, 2.24) is 0 Å². The molecule has 0 aliphatic rings. The van der Waals surface area contributed by atoms with Crippen LogP contribution in [0, 0.1) is 0 Å². The van der Waals surface area contributed by atoms with Crippen molar-refractivity contribution < 1.29 is 80.2 Å². The average molecular weight is 1550 g/mol. The molecule has 17 nitrogen and oxygen atoms in total. The van der Waals surface area contributed by atoms with Crippen molar-refractivity contribution in [3.8, 4) is 0 Å². The van der Waals surface area contributed by atoms with Crippen molar-refractivity contribution in [2.75, 3.05) is 39.6 Å². The van der Waals surface area contributed by atoms with E-state index in [-0.39, 0.29) is 25.7 Å². The van der Waals surface area contributed by atoms with E-state index in [9.17, 15) is 43.2 Å². The first-order valence-electron chi connectivity index (χ1n) is 45.3. The number of esters is 4. The molecule has 0 saturated heterocycles. The predicted octanol–water partition coefficient (Wildman–Crippen LogP) is 26.9. The zero-order chi connectivity index (χ0) is 77.4. The van der Waals surface area contributed by atoms with E-state index in [0.29, 0.717) is 25.7 Å². The van der Waals surface area contributed by atoms with Crippen LogP contribution < -0.4 is 0 Å².